The molecule has 4 nitrogen and oxygen atoms in total. The third kappa shape index (κ3) is 5.67. The van der Waals surface area contributed by atoms with Crippen molar-refractivity contribution in [3.05, 3.63) is 79.2 Å². The normalized spacial score (nSPS) is 12.8. The summed E-state index contributed by atoms with van der Waals surface area (Å²) in [6.07, 6.45) is -16.0. The summed E-state index contributed by atoms with van der Waals surface area (Å²) in [5.74, 6) is -1.21. The zero-order chi connectivity index (χ0) is 26.5. The molecule has 0 aliphatic rings. The van der Waals surface area contributed by atoms with Gasteiger partial charge in [-0.3, -0.25) is 9.36 Å². The van der Waals surface area contributed by atoms with E-state index >= 15 is 0 Å². The average molecular weight is 550 g/mol. The summed E-state index contributed by atoms with van der Waals surface area (Å²) in [7, 11) is 0. The van der Waals surface area contributed by atoms with Crippen LogP contribution in [0, 0.1) is 0 Å². The second kappa shape index (κ2) is 8.94. The van der Waals surface area contributed by atoms with Crippen LogP contribution in [0.5, 0.6) is 0 Å². The minimum absolute atomic E-state index is 0.0282. The summed E-state index contributed by atoms with van der Waals surface area (Å²) in [4.78, 5) is 15.9. The van der Waals surface area contributed by atoms with E-state index in [1.54, 1.807) is 0 Å². The van der Waals surface area contributed by atoms with Crippen molar-refractivity contribution in [2.24, 2.45) is 0 Å². The van der Waals surface area contributed by atoms with Gasteiger partial charge < -0.3 is 5.73 Å². The van der Waals surface area contributed by atoms with E-state index in [2.05, 4.69) is 4.98 Å². The number of nitrogen functional groups attached to an aromatic ring is 1. The molecule has 15 heteroatoms. The molecule has 3 rings (SSSR count). The van der Waals surface area contributed by atoms with E-state index in [1.165, 1.54) is 18.2 Å². The van der Waals surface area contributed by atoms with E-state index in [9.17, 15) is 44.3 Å². The summed E-state index contributed by atoms with van der Waals surface area (Å²) in [6, 6.07) is 3.93. The Morgan fingerprint density at radius 2 is 1.40 bits per heavy atom. The molecule has 0 aliphatic carbocycles. The molecular formula is C20H10Cl2F9N3O. The molecule has 1 aromatic heterocycles. The summed E-state index contributed by atoms with van der Waals surface area (Å²) < 4.78 is 121. The maximum Gasteiger partial charge on any atom is 0.435 e. The van der Waals surface area contributed by atoms with Crippen LogP contribution in [0.1, 0.15) is 22.4 Å². The molecule has 0 radical (unpaired) electrons. The first-order valence-electron chi connectivity index (χ1n) is 9.11. The van der Waals surface area contributed by atoms with Gasteiger partial charge in [-0.1, -0.05) is 29.3 Å². The zero-order valence-corrected chi connectivity index (χ0v) is 18.2. The van der Waals surface area contributed by atoms with Crippen LogP contribution in [0.25, 0.3) is 11.4 Å². The number of benzene rings is 2. The lowest BCUT2D eigenvalue weighted by molar-refractivity contribution is -0.142. The minimum Gasteiger partial charge on any atom is -0.392 e. The highest BCUT2D eigenvalue weighted by atomic mass is 35.5. The molecule has 0 spiro atoms. The molecule has 0 amide bonds. The summed E-state index contributed by atoms with van der Waals surface area (Å²) in [6.45, 7) is -0.706. The number of nitrogens with two attached hydrogens (primary N) is 1. The van der Waals surface area contributed by atoms with Gasteiger partial charge in [0.15, 0.2) is 5.69 Å². The van der Waals surface area contributed by atoms with Crippen LogP contribution in [-0.4, -0.2) is 9.55 Å². The lowest BCUT2D eigenvalue weighted by Crippen LogP contribution is -2.31. The van der Waals surface area contributed by atoms with Gasteiger partial charge in [-0.2, -0.15) is 39.5 Å². The van der Waals surface area contributed by atoms with Gasteiger partial charge in [0.1, 0.15) is 11.5 Å². The van der Waals surface area contributed by atoms with E-state index in [1.807, 2.05) is 0 Å². The van der Waals surface area contributed by atoms with E-state index in [4.69, 9.17) is 28.9 Å². The third-order valence-electron chi connectivity index (χ3n) is 4.63. The Morgan fingerprint density at radius 1 is 0.829 bits per heavy atom. The first-order chi connectivity index (χ1) is 15.9. The van der Waals surface area contributed by atoms with E-state index in [0.717, 1.165) is 0 Å². The quantitative estimate of drug-likeness (QED) is 0.361. The van der Waals surface area contributed by atoms with Gasteiger partial charge in [0.2, 0.25) is 0 Å². The van der Waals surface area contributed by atoms with Gasteiger partial charge in [-0.15, -0.1) is 0 Å². The Labute approximate surface area is 199 Å². The van der Waals surface area contributed by atoms with Gasteiger partial charge in [-0.25, -0.2) is 4.98 Å². The van der Waals surface area contributed by atoms with Crippen molar-refractivity contribution in [1.29, 1.82) is 0 Å². The molecule has 3 aromatic rings. The van der Waals surface area contributed by atoms with E-state index < -0.39 is 64.5 Å². The van der Waals surface area contributed by atoms with Crippen molar-refractivity contribution >= 4 is 28.9 Å². The number of hydrogen-bond acceptors (Lipinski definition) is 3. The Hall–Kier alpha value is -2.93. The molecule has 0 aliphatic heterocycles. The number of anilines is 1. The van der Waals surface area contributed by atoms with Gasteiger partial charge >= 0.3 is 18.5 Å². The lowest BCUT2D eigenvalue weighted by Gasteiger charge is -2.20. The highest BCUT2D eigenvalue weighted by Gasteiger charge is 2.41. The van der Waals surface area contributed by atoms with Gasteiger partial charge in [0, 0.05) is 15.6 Å². The van der Waals surface area contributed by atoms with Crippen LogP contribution in [0.15, 0.2) is 41.2 Å². The number of hydrogen-bond donors (Lipinski definition) is 1. The van der Waals surface area contributed by atoms with Gasteiger partial charge in [0.25, 0.3) is 5.56 Å². The smallest absolute Gasteiger partial charge is 0.392 e. The Morgan fingerprint density at radius 3 is 1.89 bits per heavy atom. The van der Waals surface area contributed by atoms with Crippen LogP contribution in [0.3, 0.4) is 0 Å². The summed E-state index contributed by atoms with van der Waals surface area (Å²) in [5.41, 5.74) is -4.52. The molecule has 188 valence electrons. The van der Waals surface area contributed by atoms with Crippen LogP contribution >= 0.6 is 23.2 Å². The summed E-state index contributed by atoms with van der Waals surface area (Å²) in [5, 5.41) is 0.0564. The van der Waals surface area contributed by atoms with Crippen molar-refractivity contribution in [2.75, 3.05) is 5.73 Å². The van der Waals surface area contributed by atoms with E-state index in [-0.39, 0.29) is 33.8 Å². The van der Waals surface area contributed by atoms with Crippen molar-refractivity contribution in [3.8, 4) is 11.4 Å². The summed E-state index contributed by atoms with van der Waals surface area (Å²) >= 11 is 11.7. The van der Waals surface area contributed by atoms with Crippen molar-refractivity contribution in [3.63, 3.8) is 0 Å². The molecule has 0 saturated heterocycles. The molecule has 1 heterocycles. The molecule has 2 N–H and O–H groups in total. The molecule has 0 unspecified atom stereocenters. The van der Waals surface area contributed by atoms with Gasteiger partial charge in [-0.05, 0) is 35.9 Å². The first-order valence-corrected chi connectivity index (χ1v) is 9.86. The van der Waals surface area contributed by atoms with Crippen molar-refractivity contribution in [1.82, 2.24) is 9.55 Å². The Kier molecular flexibility index (Phi) is 6.81. The molecule has 0 bridgehead atoms. The minimum atomic E-state index is -5.46. The lowest BCUT2D eigenvalue weighted by atomic mass is 10.0. The predicted molar refractivity (Wildman–Crippen MR) is 109 cm³/mol. The monoisotopic (exact) mass is 549 g/mol. The second-order valence-corrected chi connectivity index (χ2v) is 7.99. The van der Waals surface area contributed by atoms with E-state index in [0.29, 0.717) is 4.57 Å². The number of aromatic nitrogens is 2. The third-order valence-corrected chi connectivity index (χ3v) is 5.07. The Bertz CT molecular complexity index is 1330. The zero-order valence-electron chi connectivity index (χ0n) is 16.7. The van der Waals surface area contributed by atoms with Crippen molar-refractivity contribution < 1.29 is 39.5 Å². The van der Waals surface area contributed by atoms with Crippen molar-refractivity contribution in [2.45, 2.75) is 25.1 Å². The fourth-order valence-electron chi connectivity index (χ4n) is 3.17. The number of nitrogens with zero attached hydrogens (tertiary/aromatic N) is 2. The van der Waals surface area contributed by atoms with Crippen LogP contribution in [0.4, 0.5) is 45.2 Å². The molecule has 35 heavy (non-hydrogen) atoms. The fraction of sp³-hybridized carbons (Fsp3) is 0.200. The molecule has 0 saturated carbocycles. The number of alkyl halides is 9. The molecule has 2 aromatic carbocycles. The SMILES string of the molecule is Nc1c(C(F)(F)F)nc(-c2ccc(C(F)(F)F)cc2C(F)(F)F)n(Cc2cc(Cl)cc(Cl)c2)c1=O. The molecular weight excluding hydrogens is 540 g/mol. The number of halogens is 11. The maximum absolute atomic E-state index is 13.7. The van der Waals surface area contributed by atoms with Crippen LogP contribution in [-0.2, 0) is 25.1 Å². The van der Waals surface area contributed by atoms with Crippen LogP contribution < -0.4 is 11.3 Å². The topological polar surface area (TPSA) is 60.9 Å². The molecule has 0 fully saturated rings. The second-order valence-electron chi connectivity index (χ2n) is 7.12. The van der Waals surface area contributed by atoms with Gasteiger partial charge in [0.05, 0.1) is 17.7 Å². The predicted octanol–water partition coefficient (Wildman–Crippen LogP) is 6.90. The molecule has 0 atom stereocenters. The average Bonchev–Trinajstić information content (AvgIpc) is 2.68. The highest BCUT2D eigenvalue weighted by Crippen LogP contribution is 2.41. The van der Waals surface area contributed by atoms with Crippen LogP contribution in [0.2, 0.25) is 10.0 Å². The standard InChI is InChI=1S/C20H10Cl2F9N3O/c21-10-3-8(4-11(22)6-10)7-34-16(33-15(20(29,30)31)14(32)17(34)35)12-2-1-9(18(23,24)25)5-13(12)19(26,27)28/h1-6H,7,32H2. The number of rotatable bonds is 3. The first kappa shape index (κ1) is 26.7. The largest absolute Gasteiger partial charge is 0.435 e. The highest BCUT2D eigenvalue weighted by molar-refractivity contribution is 6.34. The fourth-order valence-corrected chi connectivity index (χ4v) is 3.74. The Balaban J connectivity index is 2.41. The maximum atomic E-state index is 13.7.